The molecule has 1 aromatic heterocycles. The van der Waals surface area contributed by atoms with Crippen molar-refractivity contribution in [2.45, 2.75) is 70.7 Å². The molecule has 1 amide bonds. The molecule has 0 radical (unpaired) electrons. The van der Waals surface area contributed by atoms with E-state index in [9.17, 15) is 18.0 Å². The molecule has 0 bridgehead atoms. The van der Waals surface area contributed by atoms with Crippen LogP contribution < -0.4 is 5.32 Å². The van der Waals surface area contributed by atoms with Gasteiger partial charge >= 0.3 is 5.97 Å². The lowest BCUT2D eigenvalue weighted by Crippen LogP contribution is -2.41. The quantitative estimate of drug-likeness (QED) is 0.483. The highest BCUT2D eigenvalue weighted by molar-refractivity contribution is 7.89. The fourth-order valence-electron chi connectivity index (χ4n) is 5.94. The first kappa shape index (κ1) is 28.8. The first-order valence-corrected chi connectivity index (χ1v) is 15.7. The summed E-state index contributed by atoms with van der Waals surface area (Å²) < 4.78 is 40.3. The van der Waals surface area contributed by atoms with Crippen molar-refractivity contribution >= 4 is 21.9 Å². The number of carbonyl (C=O) groups is 2. The van der Waals surface area contributed by atoms with Crippen LogP contribution in [0, 0.1) is 10.8 Å². The smallest absolute Gasteiger partial charge is 0.338 e. The Hall–Kier alpha value is -2.76. The maximum Gasteiger partial charge on any atom is 0.338 e. The van der Waals surface area contributed by atoms with Crippen LogP contribution in [0.2, 0.25) is 0 Å². The molecule has 4 heterocycles. The second-order valence-electron chi connectivity index (χ2n) is 12.1. The van der Waals surface area contributed by atoms with Crippen LogP contribution in [-0.2, 0) is 38.9 Å². The summed E-state index contributed by atoms with van der Waals surface area (Å²) in [5.41, 5.74) is 2.20. The molecule has 10 nitrogen and oxygen atoms in total. The highest BCUT2D eigenvalue weighted by atomic mass is 32.2. The molecule has 40 heavy (non-hydrogen) atoms. The number of ether oxygens (including phenoxy) is 2. The third kappa shape index (κ3) is 5.82. The number of amides is 1. The summed E-state index contributed by atoms with van der Waals surface area (Å²) in [4.78, 5) is 26.2. The van der Waals surface area contributed by atoms with Crippen molar-refractivity contribution in [2.75, 3.05) is 39.5 Å². The normalized spacial score (nSPS) is 19.7. The Morgan fingerprint density at radius 1 is 1.15 bits per heavy atom. The van der Waals surface area contributed by atoms with Gasteiger partial charge in [-0.05, 0) is 68.2 Å². The average Bonchev–Trinajstić information content (AvgIpc) is 3.57. The minimum absolute atomic E-state index is 0.0486. The largest absolute Gasteiger partial charge is 0.461 e. The Morgan fingerprint density at radius 3 is 2.48 bits per heavy atom. The van der Waals surface area contributed by atoms with Gasteiger partial charge in [0.2, 0.25) is 10.0 Å². The lowest BCUT2D eigenvalue weighted by atomic mass is 9.76. The van der Waals surface area contributed by atoms with Gasteiger partial charge < -0.3 is 14.8 Å². The van der Waals surface area contributed by atoms with Crippen molar-refractivity contribution in [3.05, 3.63) is 46.8 Å². The average molecular weight is 573 g/mol. The lowest BCUT2D eigenvalue weighted by molar-refractivity contribution is 0.0145. The highest BCUT2D eigenvalue weighted by Crippen LogP contribution is 2.38. The van der Waals surface area contributed by atoms with Crippen molar-refractivity contribution in [2.24, 2.45) is 10.8 Å². The second-order valence-corrected chi connectivity index (χ2v) is 14.1. The topological polar surface area (TPSA) is 120 Å². The van der Waals surface area contributed by atoms with E-state index >= 15 is 0 Å². The first-order chi connectivity index (χ1) is 19.0. The third-order valence-electron chi connectivity index (χ3n) is 8.38. The number of fused-ring (bicyclic) bond motifs is 1. The molecule has 0 unspecified atom stereocenters. The van der Waals surface area contributed by atoms with Crippen LogP contribution in [0.25, 0.3) is 0 Å². The Kier molecular flexibility index (Phi) is 8.09. The zero-order valence-corrected chi connectivity index (χ0v) is 24.5. The summed E-state index contributed by atoms with van der Waals surface area (Å²) in [5, 5.41) is 7.98. The molecule has 5 rings (SSSR count). The number of aryl methyl sites for hydroxylation is 1. The standard InChI is InChI=1S/C29H40N4O6S/c1-4-23-25-24(17-29(18-30-26(25)34)11-15-38-16-12-29)33(31-23)19-28(2,3)20-39-27(35)21-7-9-22(10-8-21)40(36,37)32-13-5-6-14-32/h7-10H,4-6,11-20H2,1-3H3,(H,30,34). The summed E-state index contributed by atoms with van der Waals surface area (Å²) >= 11 is 0. The van der Waals surface area contributed by atoms with E-state index in [1.807, 2.05) is 25.5 Å². The van der Waals surface area contributed by atoms with Crippen LogP contribution in [0.5, 0.6) is 0 Å². The Morgan fingerprint density at radius 2 is 1.82 bits per heavy atom. The highest BCUT2D eigenvalue weighted by Gasteiger charge is 2.40. The van der Waals surface area contributed by atoms with Gasteiger partial charge in [-0.15, -0.1) is 0 Å². The molecular weight excluding hydrogens is 532 g/mol. The van der Waals surface area contributed by atoms with Gasteiger partial charge in [0.15, 0.2) is 0 Å². The minimum Gasteiger partial charge on any atom is -0.461 e. The summed E-state index contributed by atoms with van der Waals surface area (Å²) in [6.07, 6.45) is 4.90. The second kappa shape index (κ2) is 11.3. The molecule has 218 valence electrons. The Labute approximate surface area is 236 Å². The monoisotopic (exact) mass is 572 g/mol. The number of hydrogen-bond acceptors (Lipinski definition) is 7. The van der Waals surface area contributed by atoms with Crippen molar-refractivity contribution in [3.8, 4) is 0 Å². The van der Waals surface area contributed by atoms with Gasteiger partial charge in [-0.25, -0.2) is 13.2 Å². The summed E-state index contributed by atoms with van der Waals surface area (Å²) in [6, 6.07) is 5.95. The predicted octanol–water partition coefficient (Wildman–Crippen LogP) is 3.20. The molecule has 11 heteroatoms. The van der Waals surface area contributed by atoms with Crippen LogP contribution in [-0.4, -0.2) is 73.8 Å². The Balaban J connectivity index is 1.28. The van der Waals surface area contributed by atoms with E-state index in [-0.39, 0.29) is 22.8 Å². The van der Waals surface area contributed by atoms with Gasteiger partial charge in [-0.3, -0.25) is 9.48 Å². The van der Waals surface area contributed by atoms with E-state index in [2.05, 4.69) is 5.32 Å². The SMILES string of the molecule is CCc1nn(CC(C)(C)COC(=O)c2ccc(S(=O)(=O)N3CCCC3)cc2)c2c1C(=O)NCC1(CCOCC1)C2. The molecule has 0 aliphatic carbocycles. The minimum atomic E-state index is -3.54. The van der Waals surface area contributed by atoms with Crippen LogP contribution >= 0.6 is 0 Å². The number of benzene rings is 1. The van der Waals surface area contributed by atoms with Crippen molar-refractivity contribution in [1.82, 2.24) is 19.4 Å². The molecule has 3 aliphatic heterocycles. The molecule has 0 saturated carbocycles. The van der Waals surface area contributed by atoms with E-state index in [0.717, 1.165) is 43.5 Å². The van der Waals surface area contributed by atoms with E-state index in [1.54, 1.807) is 0 Å². The van der Waals surface area contributed by atoms with Gasteiger partial charge in [-0.2, -0.15) is 9.40 Å². The fourth-order valence-corrected chi connectivity index (χ4v) is 7.46. The van der Waals surface area contributed by atoms with Crippen LogP contribution in [0.4, 0.5) is 0 Å². The van der Waals surface area contributed by atoms with E-state index in [1.165, 1.54) is 28.6 Å². The lowest BCUT2D eigenvalue weighted by Gasteiger charge is -2.36. The van der Waals surface area contributed by atoms with Gasteiger partial charge in [0.25, 0.3) is 5.91 Å². The first-order valence-electron chi connectivity index (χ1n) is 14.3. The number of hydrogen-bond donors (Lipinski definition) is 1. The van der Waals surface area contributed by atoms with E-state index in [0.29, 0.717) is 56.9 Å². The zero-order chi connectivity index (χ0) is 28.5. The predicted molar refractivity (Wildman–Crippen MR) is 149 cm³/mol. The maximum absolute atomic E-state index is 13.1. The molecule has 2 aromatic rings. The number of carbonyl (C=O) groups excluding carboxylic acids is 2. The number of rotatable bonds is 8. The molecule has 2 fully saturated rings. The van der Waals surface area contributed by atoms with Crippen LogP contribution in [0.3, 0.4) is 0 Å². The number of nitrogens with one attached hydrogen (secondary N) is 1. The van der Waals surface area contributed by atoms with Crippen LogP contribution in [0.15, 0.2) is 29.2 Å². The summed E-state index contributed by atoms with van der Waals surface area (Å²) in [6.45, 7) is 9.70. The molecule has 3 aliphatic rings. The number of nitrogens with zero attached hydrogens (tertiary/aromatic N) is 3. The maximum atomic E-state index is 13.1. The molecule has 0 atom stereocenters. The summed E-state index contributed by atoms with van der Waals surface area (Å²) in [7, 11) is -3.54. The molecule has 1 aromatic carbocycles. The van der Waals surface area contributed by atoms with Gasteiger partial charge in [0.05, 0.1) is 34.0 Å². The van der Waals surface area contributed by atoms with E-state index < -0.39 is 21.4 Å². The van der Waals surface area contributed by atoms with Crippen molar-refractivity contribution < 1.29 is 27.5 Å². The summed E-state index contributed by atoms with van der Waals surface area (Å²) in [5.74, 6) is -0.576. The fraction of sp³-hybridized carbons (Fsp3) is 0.621. The molecule has 1 N–H and O–H groups in total. The number of sulfonamides is 1. The van der Waals surface area contributed by atoms with Gasteiger partial charge in [0.1, 0.15) is 0 Å². The van der Waals surface area contributed by atoms with Crippen molar-refractivity contribution in [3.63, 3.8) is 0 Å². The molecule has 1 spiro atoms. The zero-order valence-electron chi connectivity index (χ0n) is 23.7. The molecular formula is C29H40N4O6S. The Bertz CT molecular complexity index is 1350. The van der Waals surface area contributed by atoms with Gasteiger partial charge in [0, 0.05) is 44.8 Å². The number of aromatic nitrogens is 2. The number of esters is 1. The van der Waals surface area contributed by atoms with Crippen LogP contribution in [0.1, 0.15) is 78.6 Å². The third-order valence-corrected chi connectivity index (χ3v) is 10.3. The molecule has 2 saturated heterocycles. The van der Waals surface area contributed by atoms with E-state index in [4.69, 9.17) is 14.6 Å². The van der Waals surface area contributed by atoms with Gasteiger partial charge in [-0.1, -0.05) is 20.8 Å². The van der Waals surface area contributed by atoms with Crippen molar-refractivity contribution in [1.29, 1.82) is 0 Å².